The van der Waals surface area contributed by atoms with Crippen molar-refractivity contribution in [2.75, 3.05) is 0 Å². The number of rotatable bonds is 5. The van der Waals surface area contributed by atoms with Gasteiger partial charge in [0.1, 0.15) is 0 Å². The molecule has 1 heteroatoms. The lowest BCUT2D eigenvalue weighted by Gasteiger charge is -2.58. The van der Waals surface area contributed by atoms with Gasteiger partial charge in [0.15, 0.2) is 0 Å². The highest BCUT2D eigenvalue weighted by molar-refractivity contribution is 5.25. The summed E-state index contributed by atoms with van der Waals surface area (Å²) in [6.45, 7) is 15.1. The van der Waals surface area contributed by atoms with Crippen LogP contribution in [0.3, 0.4) is 0 Å². The number of hydrogen-bond acceptors (Lipinski definition) is 1. The molecule has 3 fully saturated rings. The molecule has 166 valence electrons. The van der Waals surface area contributed by atoms with Crippen LogP contribution in [-0.4, -0.2) is 11.2 Å². The van der Waals surface area contributed by atoms with Crippen LogP contribution in [0.5, 0.6) is 0 Å². The minimum Gasteiger partial charge on any atom is -0.393 e. The van der Waals surface area contributed by atoms with Gasteiger partial charge in [-0.25, -0.2) is 0 Å². The fourth-order valence-electron chi connectivity index (χ4n) is 8.68. The van der Waals surface area contributed by atoms with Crippen molar-refractivity contribution in [2.45, 2.75) is 112 Å². The highest BCUT2D eigenvalue weighted by Gasteiger charge is 2.59. The first-order valence-electron chi connectivity index (χ1n) is 13.0. The Morgan fingerprint density at radius 3 is 2.45 bits per heavy atom. The molecule has 4 aliphatic carbocycles. The van der Waals surface area contributed by atoms with Gasteiger partial charge in [0, 0.05) is 0 Å². The maximum atomic E-state index is 10.2. The van der Waals surface area contributed by atoms with Gasteiger partial charge in [-0.05, 0) is 104 Å². The number of fused-ring (bicyclic) bond motifs is 5. The Balaban J connectivity index is 1.49. The summed E-state index contributed by atoms with van der Waals surface area (Å²) >= 11 is 0. The van der Waals surface area contributed by atoms with Gasteiger partial charge in [0.25, 0.3) is 0 Å². The van der Waals surface area contributed by atoms with Crippen LogP contribution in [-0.2, 0) is 0 Å². The van der Waals surface area contributed by atoms with E-state index in [-0.39, 0.29) is 6.10 Å². The van der Waals surface area contributed by atoms with E-state index in [0.717, 1.165) is 54.3 Å². The van der Waals surface area contributed by atoms with Crippen molar-refractivity contribution in [1.29, 1.82) is 0 Å². The summed E-state index contributed by atoms with van der Waals surface area (Å²) in [6.07, 6.45) is 15.7. The predicted octanol–water partition coefficient (Wildman–Crippen LogP) is 7.63. The molecule has 29 heavy (non-hydrogen) atoms. The van der Waals surface area contributed by atoms with Crippen molar-refractivity contribution >= 4 is 0 Å². The summed E-state index contributed by atoms with van der Waals surface area (Å²) in [5.41, 5.74) is 2.59. The molecule has 9 atom stereocenters. The Kier molecular flexibility index (Phi) is 6.04. The summed E-state index contributed by atoms with van der Waals surface area (Å²) in [4.78, 5) is 0. The quantitative estimate of drug-likeness (QED) is 0.470. The van der Waals surface area contributed by atoms with Gasteiger partial charge < -0.3 is 5.11 Å². The van der Waals surface area contributed by atoms with E-state index in [9.17, 15) is 5.11 Å². The van der Waals surface area contributed by atoms with Gasteiger partial charge in [0.2, 0.25) is 0 Å². The summed E-state index contributed by atoms with van der Waals surface area (Å²) < 4.78 is 0. The number of allylic oxidation sites excluding steroid dienone is 1. The molecule has 1 nitrogen and oxygen atoms in total. The van der Waals surface area contributed by atoms with Crippen molar-refractivity contribution in [2.24, 2.45) is 52.3 Å². The van der Waals surface area contributed by atoms with Crippen LogP contribution in [0.2, 0.25) is 0 Å². The zero-order chi connectivity index (χ0) is 21.0. The SMILES string of the molecule is CC(C)[C@@H](C)CC[C@@H](C)[C@@H]1CC[C@H]2[C@@H]3CC=C4C[C@@H](O)CC[C@]4(C)[C@H]3CC[C@@]21C. The average molecular weight is 401 g/mol. The Hall–Kier alpha value is -0.300. The maximum absolute atomic E-state index is 10.2. The summed E-state index contributed by atoms with van der Waals surface area (Å²) in [7, 11) is 0. The van der Waals surface area contributed by atoms with E-state index in [0.29, 0.717) is 10.8 Å². The lowest BCUT2D eigenvalue weighted by Crippen LogP contribution is -2.50. The van der Waals surface area contributed by atoms with E-state index in [1.807, 2.05) is 0 Å². The lowest BCUT2D eigenvalue weighted by molar-refractivity contribution is -0.0574. The van der Waals surface area contributed by atoms with Crippen molar-refractivity contribution in [3.05, 3.63) is 11.6 Å². The molecular formula is C28H48O. The van der Waals surface area contributed by atoms with Gasteiger partial charge in [-0.1, -0.05) is 66.0 Å². The van der Waals surface area contributed by atoms with E-state index in [4.69, 9.17) is 0 Å². The van der Waals surface area contributed by atoms with Gasteiger partial charge in [-0.2, -0.15) is 0 Å². The monoisotopic (exact) mass is 400 g/mol. The third kappa shape index (κ3) is 3.66. The lowest BCUT2D eigenvalue weighted by atomic mass is 9.47. The second kappa shape index (κ2) is 7.99. The minimum absolute atomic E-state index is 0.0790. The van der Waals surface area contributed by atoms with Crippen LogP contribution in [0.1, 0.15) is 106 Å². The van der Waals surface area contributed by atoms with Gasteiger partial charge in [0.05, 0.1) is 6.10 Å². The summed E-state index contributed by atoms with van der Waals surface area (Å²) in [5, 5.41) is 10.2. The minimum atomic E-state index is -0.0790. The Morgan fingerprint density at radius 1 is 0.966 bits per heavy atom. The molecule has 4 rings (SSSR count). The van der Waals surface area contributed by atoms with Gasteiger partial charge >= 0.3 is 0 Å². The number of aliphatic hydroxyl groups excluding tert-OH is 1. The highest BCUT2D eigenvalue weighted by Crippen LogP contribution is 2.67. The van der Waals surface area contributed by atoms with Crippen molar-refractivity contribution in [1.82, 2.24) is 0 Å². The highest BCUT2D eigenvalue weighted by atomic mass is 16.3. The fraction of sp³-hybridized carbons (Fsp3) is 0.929. The zero-order valence-electron chi connectivity index (χ0n) is 20.2. The van der Waals surface area contributed by atoms with E-state index >= 15 is 0 Å². The standard InChI is InChI=1S/C28H48O/c1-18(2)19(3)7-8-20(4)24-11-12-25-23-10-9-21-17-22(29)13-15-27(21,5)26(23)14-16-28(24,25)6/h9,18-20,22-26,29H,7-8,10-17H2,1-6H3/t19-,20+,22-,23-,24-,25-,26-,27-,28+/m0/s1. The smallest absolute Gasteiger partial charge is 0.0577 e. The van der Waals surface area contributed by atoms with Crippen molar-refractivity contribution in [3.8, 4) is 0 Å². The Bertz CT molecular complexity index is 620. The van der Waals surface area contributed by atoms with Crippen LogP contribution >= 0.6 is 0 Å². The van der Waals surface area contributed by atoms with E-state index < -0.39 is 0 Å². The van der Waals surface area contributed by atoms with Gasteiger partial charge in [-0.3, -0.25) is 0 Å². The third-order valence-electron chi connectivity index (χ3n) is 11.1. The molecule has 0 aromatic heterocycles. The van der Waals surface area contributed by atoms with E-state index in [2.05, 4.69) is 47.6 Å². The zero-order valence-corrected chi connectivity index (χ0v) is 20.2. The summed E-state index contributed by atoms with van der Waals surface area (Å²) in [5.74, 6) is 6.24. The normalized spacial score (nSPS) is 46.5. The molecule has 0 amide bonds. The molecule has 0 aliphatic heterocycles. The molecule has 0 aromatic rings. The van der Waals surface area contributed by atoms with Crippen LogP contribution in [0.4, 0.5) is 0 Å². The fourth-order valence-corrected chi connectivity index (χ4v) is 8.68. The van der Waals surface area contributed by atoms with Crippen molar-refractivity contribution in [3.63, 3.8) is 0 Å². The molecule has 0 spiro atoms. The first kappa shape index (κ1) is 21.9. The molecule has 1 N–H and O–H groups in total. The maximum Gasteiger partial charge on any atom is 0.0577 e. The van der Waals surface area contributed by atoms with Crippen LogP contribution in [0, 0.1) is 52.3 Å². The van der Waals surface area contributed by atoms with E-state index in [1.54, 1.807) is 5.57 Å². The van der Waals surface area contributed by atoms with Crippen LogP contribution < -0.4 is 0 Å². The molecule has 0 heterocycles. The predicted molar refractivity (Wildman–Crippen MR) is 124 cm³/mol. The van der Waals surface area contributed by atoms with Gasteiger partial charge in [-0.15, -0.1) is 0 Å². The second-order valence-electron chi connectivity index (χ2n) is 12.7. The molecular weight excluding hydrogens is 352 g/mol. The molecule has 3 saturated carbocycles. The molecule has 0 bridgehead atoms. The van der Waals surface area contributed by atoms with Crippen LogP contribution in [0.25, 0.3) is 0 Å². The first-order chi connectivity index (χ1) is 13.7. The molecule has 0 saturated heterocycles. The Labute approximate surface area is 181 Å². The Morgan fingerprint density at radius 2 is 1.72 bits per heavy atom. The topological polar surface area (TPSA) is 20.2 Å². The molecule has 0 unspecified atom stereocenters. The second-order valence-corrected chi connectivity index (χ2v) is 12.7. The van der Waals surface area contributed by atoms with Crippen molar-refractivity contribution < 1.29 is 5.11 Å². The third-order valence-corrected chi connectivity index (χ3v) is 11.1. The molecule has 0 aromatic carbocycles. The van der Waals surface area contributed by atoms with Crippen LogP contribution in [0.15, 0.2) is 11.6 Å². The number of aliphatic hydroxyl groups is 1. The number of hydrogen-bond donors (Lipinski definition) is 1. The largest absolute Gasteiger partial charge is 0.393 e. The molecule has 4 aliphatic rings. The summed E-state index contributed by atoms with van der Waals surface area (Å²) in [6, 6.07) is 0. The average Bonchev–Trinajstić information content (AvgIpc) is 3.03. The molecule has 0 radical (unpaired) electrons. The first-order valence-corrected chi connectivity index (χ1v) is 13.0. The van der Waals surface area contributed by atoms with E-state index in [1.165, 1.54) is 51.4 Å².